The summed E-state index contributed by atoms with van der Waals surface area (Å²) in [4.78, 5) is 0. The highest BCUT2D eigenvalue weighted by atomic mass is 19.2. The number of ether oxygens (including phenoxy) is 1. The van der Waals surface area contributed by atoms with E-state index in [1.807, 2.05) is 0 Å². The van der Waals surface area contributed by atoms with E-state index in [-0.39, 0.29) is 0 Å². The Morgan fingerprint density at radius 1 is 1.33 bits per heavy atom. The molecule has 0 bridgehead atoms. The molecule has 0 aromatic heterocycles. The summed E-state index contributed by atoms with van der Waals surface area (Å²) in [6.07, 6.45) is 0.328. The lowest BCUT2D eigenvalue weighted by atomic mass is 9.93. The zero-order valence-corrected chi connectivity index (χ0v) is 8.76. The highest BCUT2D eigenvalue weighted by Gasteiger charge is 2.23. The van der Waals surface area contributed by atoms with Gasteiger partial charge in [-0.25, -0.2) is 8.78 Å². The van der Waals surface area contributed by atoms with Gasteiger partial charge in [0.05, 0.1) is 5.60 Å². The van der Waals surface area contributed by atoms with Crippen LogP contribution in [-0.4, -0.2) is 18.8 Å². The van der Waals surface area contributed by atoms with Crippen molar-refractivity contribution in [2.45, 2.75) is 18.9 Å². The van der Waals surface area contributed by atoms with Crippen molar-refractivity contribution in [1.82, 2.24) is 0 Å². The SMILES string of the molecule is COCCC(C)(O)c1ccc(F)c(F)c1. The Balaban J connectivity index is 2.89. The molecular weight excluding hydrogens is 202 g/mol. The average molecular weight is 216 g/mol. The summed E-state index contributed by atoms with van der Waals surface area (Å²) in [7, 11) is 1.52. The Morgan fingerprint density at radius 3 is 2.53 bits per heavy atom. The van der Waals surface area contributed by atoms with E-state index >= 15 is 0 Å². The van der Waals surface area contributed by atoms with Crippen LogP contribution in [0, 0.1) is 11.6 Å². The second kappa shape index (κ2) is 4.68. The maximum absolute atomic E-state index is 12.9. The Bertz CT molecular complexity index is 337. The van der Waals surface area contributed by atoms with Gasteiger partial charge in [0.25, 0.3) is 0 Å². The Hall–Kier alpha value is -1.00. The first kappa shape index (κ1) is 12.1. The molecule has 0 heterocycles. The second-order valence-corrected chi connectivity index (χ2v) is 3.65. The van der Waals surface area contributed by atoms with E-state index in [1.54, 1.807) is 6.92 Å². The van der Waals surface area contributed by atoms with Gasteiger partial charge < -0.3 is 9.84 Å². The van der Waals surface area contributed by atoms with Crippen molar-refractivity contribution in [3.8, 4) is 0 Å². The fraction of sp³-hybridized carbons (Fsp3) is 0.455. The smallest absolute Gasteiger partial charge is 0.159 e. The minimum Gasteiger partial charge on any atom is -0.385 e. The molecule has 2 nitrogen and oxygen atoms in total. The van der Waals surface area contributed by atoms with E-state index in [2.05, 4.69) is 0 Å². The third-order valence-corrected chi connectivity index (χ3v) is 2.33. The van der Waals surface area contributed by atoms with E-state index in [1.165, 1.54) is 13.2 Å². The van der Waals surface area contributed by atoms with Crippen LogP contribution in [-0.2, 0) is 10.3 Å². The quantitative estimate of drug-likeness (QED) is 0.836. The lowest BCUT2D eigenvalue weighted by Crippen LogP contribution is -2.23. The van der Waals surface area contributed by atoms with Crippen LogP contribution >= 0.6 is 0 Å². The minimum atomic E-state index is -1.20. The van der Waals surface area contributed by atoms with Gasteiger partial charge in [0.2, 0.25) is 0 Å². The molecule has 1 aromatic carbocycles. The number of halogens is 2. The van der Waals surface area contributed by atoms with Gasteiger partial charge in [-0.1, -0.05) is 6.07 Å². The van der Waals surface area contributed by atoms with E-state index in [0.29, 0.717) is 18.6 Å². The predicted octanol–water partition coefficient (Wildman–Crippen LogP) is 2.21. The van der Waals surface area contributed by atoms with Crippen LogP contribution in [0.3, 0.4) is 0 Å². The number of rotatable bonds is 4. The molecule has 0 saturated carbocycles. The zero-order chi connectivity index (χ0) is 11.5. The maximum Gasteiger partial charge on any atom is 0.159 e. The van der Waals surface area contributed by atoms with Crippen molar-refractivity contribution >= 4 is 0 Å². The molecule has 0 saturated heterocycles. The predicted molar refractivity (Wildman–Crippen MR) is 52.4 cm³/mol. The monoisotopic (exact) mass is 216 g/mol. The van der Waals surface area contributed by atoms with Crippen molar-refractivity contribution in [3.05, 3.63) is 35.4 Å². The standard InChI is InChI=1S/C11H14F2O2/c1-11(14,5-6-15-2)8-3-4-9(12)10(13)7-8/h3-4,7,14H,5-6H2,1-2H3. The van der Waals surface area contributed by atoms with Crippen LogP contribution in [0.1, 0.15) is 18.9 Å². The molecule has 0 aliphatic rings. The molecule has 0 aliphatic carbocycles. The van der Waals surface area contributed by atoms with Gasteiger partial charge >= 0.3 is 0 Å². The van der Waals surface area contributed by atoms with E-state index in [9.17, 15) is 13.9 Å². The molecule has 0 spiro atoms. The summed E-state index contributed by atoms with van der Waals surface area (Å²) in [6.45, 7) is 1.89. The first-order valence-corrected chi connectivity index (χ1v) is 4.64. The number of aliphatic hydroxyl groups is 1. The highest BCUT2D eigenvalue weighted by Crippen LogP contribution is 2.25. The van der Waals surface area contributed by atoms with Gasteiger partial charge in [0.15, 0.2) is 11.6 Å². The zero-order valence-electron chi connectivity index (χ0n) is 8.76. The Morgan fingerprint density at radius 2 is 2.00 bits per heavy atom. The van der Waals surface area contributed by atoms with Gasteiger partial charge in [0, 0.05) is 20.1 Å². The molecule has 4 heteroatoms. The topological polar surface area (TPSA) is 29.5 Å². The molecule has 0 radical (unpaired) electrons. The van der Waals surface area contributed by atoms with Gasteiger partial charge in [-0.15, -0.1) is 0 Å². The van der Waals surface area contributed by atoms with Gasteiger partial charge in [0.1, 0.15) is 0 Å². The van der Waals surface area contributed by atoms with Gasteiger partial charge in [-0.3, -0.25) is 0 Å². The summed E-state index contributed by atoms with van der Waals surface area (Å²) in [5, 5.41) is 9.96. The van der Waals surface area contributed by atoms with Crippen molar-refractivity contribution < 1.29 is 18.6 Å². The summed E-state index contributed by atoms with van der Waals surface area (Å²) in [5.74, 6) is -1.87. The van der Waals surface area contributed by atoms with E-state index in [0.717, 1.165) is 12.1 Å². The molecule has 1 atom stereocenters. The third-order valence-electron chi connectivity index (χ3n) is 2.33. The second-order valence-electron chi connectivity index (χ2n) is 3.65. The maximum atomic E-state index is 12.9. The number of hydrogen-bond donors (Lipinski definition) is 1. The molecular formula is C11H14F2O2. The number of benzene rings is 1. The summed E-state index contributed by atoms with van der Waals surface area (Å²) in [6, 6.07) is 3.38. The molecule has 0 fully saturated rings. The molecule has 1 aromatic rings. The van der Waals surface area contributed by atoms with Crippen LogP contribution in [0.5, 0.6) is 0 Å². The van der Waals surface area contributed by atoms with Crippen LogP contribution in [0.2, 0.25) is 0 Å². The van der Waals surface area contributed by atoms with Crippen molar-refractivity contribution in [2.75, 3.05) is 13.7 Å². The molecule has 0 amide bonds. The number of hydrogen-bond acceptors (Lipinski definition) is 2. The summed E-state index contributed by atoms with van der Waals surface area (Å²) < 4.78 is 30.4. The third kappa shape index (κ3) is 2.97. The summed E-state index contributed by atoms with van der Waals surface area (Å²) >= 11 is 0. The van der Waals surface area contributed by atoms with Crippen LogP contribution in [0.15, 0.2) is 18.2 Å². The highest BCUT2D eigenvalue weighted by molar-refractivity contribution is 5.23. The lowest BCUT2D eigenvalue weighted by Gasteiger charge is -2.23. The van der Waals surface area contributed by atoms with Gasteiger partial charge in [-0.2, -0.15) is 0 Å². The first-order valence-electron chi connectivity index (χ1n) is 4.64. The fourth-order valence-electron chi connectivity index (χ4n) is 1.28. The van der Waals surface area contributed by atoms with Crippen LogP contribution < -0.4 is 0 Å². The minimum absolute atomic E-state index is 0.328. The molecule has 84 valence electrons. The Labute approximate surface area is 87.5 Å². The van der Waals surface area contributed by atoms with E-state index in [4.69, 9.17) is 4.74 Å². The molecule has 15 heavy (non-hydrogen) atoms. The number of methoxy groups -OCH3 is 1. The van der Waals surface area contributed by atoms with Gasteiger partial charge in [-0.05, 0) is 24.6 Å². The van der Waals surface area contributed by atoms with Crippen molar-refractivity contribution in [3.63, 3.8) is 0 Å². The molecule has 1 N–H and O–H groups in total. The fourth-order valence-corrected chi connectivity index (χ4v) is 1.28. The van der Waals surface area contributed by atoms with Crippen molar-refractivity contribution in [2.24, 2.45) is 0 Å². The van der Waals surface area contributed by atoms with Crippen LogP contribution in [0.25, 0.3) is 0 Å². The molecule has 1 unspecified atom stereocenters. The largest absolute Gasteiger partial charge is 0.385 e. The summed E-state index contributed by atoms with van der Waals surface area (Å²) in [5.41, 5.74) is -0.858. The normalized spacial score (nSPS) is 15.0. The molecule has 0 aliphatic heterocycles. The van der Waals surface area contributed by atoms with E-state index < -0.39 is 17.2 Å². The Kier molecular flexibility index (Phi) is 3.77. The van der Waals surface area contributed by atoms with Crippen molar-refractivity contribution in [1.29, 1.82) is 0 Å². The lowest BCUT2D eigenvalue weighted by molar-refractivity contribution is 0.0207. The molecule has 1 rings (SSSR count). The average Bonchev–Trinajstić information content (AvgIpc) is 2.19. The van der Waals surface area contributed by atoms with Crippen LogP contribution in [0.4, 0.5) is 8.78 Å². The first-order chi connectivity index (χ1) is 6.97.